The van der Waals surface area contributed by atoms with Gasteiger partial charge < -0.3 is 14.8 Å². The average molecular weight is 325 g/mol. The first-order chi connectivity index (χ1) is 11.4. The monoisotopic (exact) mass is 325 g/mol. The summed E-state index contributed by atoms with van der Waals surface area (Å²) >= 11 is 0. The summed E-state index contributed by atoms with van der Waals surface area (Å²) in [6.45, 7) is 7.60. The van der Waals surface area contributed by atoms with Crippen molar-refractivity contribution in [3.63, 3.8) is 0 Å². The summed E-state index contributed by atoms with van der Waals surface area (Å²) in [5.41, 5.74) is 2.25. The molecule has 1 saturated heterocycles. The average Bonchev–Trinajstić information content (AvgIpc) is 3.37. The maximum Gasteiger partial charge on any atom is 0.255 e. The Bertz CT molecular complexity index is 715. The molecule has 1 fully saturated rings. The number of anilines is 1. The van der Waals surface area contributed by atoms with Gasteiger partial charge in [0, 0.05) is 11.3 Å². The van der Waals surface area contributed by atoms with Gasteiger partial charge in [0.05, 0.1) is 6.61 Å². The SMILES string of the molecule is CC(C)(C)c1cc(OCC2CO2)ccc1C(=O)Nc1ccccc1. The van der Waals surface area contributed by atoms with Crippen LogP contribution in [0.25, 0.3) is 0 Å². The molecule has 1 N–H and O–H groups in total. The second kappa shape index (κ2) is 6.65. The molecule has 0 radical (unpaired) electrons. The predicted molar refractivity (Wildman–Crippen MR) is 94.8 cm³/mol. The van der Waals surface area contributed by atoms with Crippen LogP contribution < -0.4 is 10.1 Å². The van der Waals surface area contributed by atoms with Crippen molar-refractivity contribution in [3.05, 3.63) is 59.7 Å². The Morgan fingerprint density at radius 2 is 1.92 bits per heavy atom. The highest BCUT2D eigenvalue weighted by molar-refractivity contribution is 6.05. The van der Waals surface area contributed by atoms with Crippen molar-refractivity contribution in [3.8, 4) is 5.75 Å². The minimum absolute atomic E-state index is 0.108. The van der Waals surface area contributed by atoms with Crippen molar-refractivity contribution in [2.45, 2.75) is 32.3 Å². The lowest BCUT2D eigenvalue weighted by molar-refractivity contribution is 0.102. The van der Waals surface area contributed by atoms with Gasteiger partial charge in [-0.1, -0.05) is 39.0 Å². The molecule has 0 aromatic heterocycles. The molecule has 126 valence electrons. The van der Waals surface area contributed by atoms with Crippen LogP contribution in [0.5, 0.6) is 5.75 Å². The molecule has 1 aliphatic rings. The number of carbonyl (C=O) groups excluding carboxylic acids is 1. The smallest absolute Gasteiger partial charge is 0.255 e. The fourth-order valence-corrected chi connectivity index (χ4v) is 2.51. The third-order valence-electron chi connectivity index (χ3n) is 3.91. The van der Waals surface area contributed by atoms with E-state index >= 15 is 0 Å². The Balaban J connectivity index is 1.83. The third-order valence-corrected chi connectivity index (χ3v) is 3.91. The number of amides is 1. The molecule has 1 amide bonds. The number of hydrogen-bond donors (Lipinski definition) is 1. The molecule has 0 aliphatic carbocycles. The lowest BCUT2D eigenvalue weighted by atomic mass is 9.83. The zero-order valence-corrected chi connectivity index (χ0v) is 14.3. The van der Waals surface area contributed by atoms with Gasteiger partial charge in [0.1, 0.15) is 18.5 Å². The number of hydrogen-bond acceptors (Lipinski definition) is 3. The van der Waals surface area contributed by atoms with Crippen LogP contribution >= 0.6 is 0 Å². The van der Waals surface area contributed by atoms with E-state index in [0.717, 1.165) is 23.6 Å². The highest BCUT2D eigenvalue weighted by Gasteiger charge is 2.25. The van der Waals surface area contributed by atoms with E-state index in [2.05, 4.69) is 26.1 Å². The number of rotatable bonds is 5. The van der Waals surface area contributed by atoms with Crippen molar-refractivity contribution in [1.29, 1.82) is 0 Å². The predicted octanol–water partition coefficient (Wildman–Crippen LogP) is 4.01. The first kappa shape index (κ1) is 16.5. The van der Waals surface area contributed by atoms with E-state index in [9.17, 15) is 4.79 Å². The molecule has 1 aliphatic heterocycles. The Morgan fingerprint density at radius 1 is 1.21 bits per heavy atom. The maximum atomic E-state index is 12.7. The topological polar surface area (TPSA) is 50.9 Å². The van der Waals surface area contributed by atoms with Gasteiger partial charge in [0.2, 0.25) is 0 Å². The first-order valence-electron chi connectivity index (χ1n) is 8.19. The highest BCUT2D eigenvalue weighted by Crippen LogP contribution is 2.30. The van der Waals surface area contributed by atoms with Gasteiger partial charge >= 0.3 is 0 Å². The first-order valence-corrected chi connectivity index (χ1v) is 8.19. The molecule has 4 nitrogen and oxygen atoms in total. The minimum Gasteiger partial charge on any atom is -0.491 e. The van der Waals surface area contributed by atoms with Gasteiger partial charge in [-0.2, -0.15) is 0 Å². The quantitative estimate of drug-likeness (QED) is 0.845. The molecular weight excluding hydrogens is 302 g/mol. The summed E-state index contributed by atoms with van der Waals surface area (Å²) < 4.78 is 10.9. The minimum atomic E-state index is -0.168. The summed E-state index contributed by atoms with van der Waals surface area (Å²) in [7, 11) is 0. The standard InChI is InChI=1S/C20H23NO3/c1-20(2,3)18-11-15(23-12-16-13-24-16)9-10-17(18)19(22)21-14-7-5-4-6-8-14/h4-11,16H,12-13H2,1-3H3,(H,21,22). The van der Waals surface area contributed by atoms with Gasteiger partial charge in [0.15, 0.2) is 0 Å². The lowest BCUT2D eigenvalue weighted by Gasteiger charge is -2.23. The van der Waals surface area contributed by atoms with Crippen molar-refractivity contribution in [1.82, 2.24) is 0 Å². The van der Waals surface area contributed by atoms with Gasteiger partial charge in [-0.15, -0.1) is 0 Å². The highest BCUT2D eigenvalue weighted by atomic mass is 16.6. The molecule has 4 heteroatoms. The molecule has 0 saturated carbocycles. The molecule has 24 heavy (non-hydrogen) atoms. The summed E-state index contributed by atoms with van der Waals surface area (Å²) in [5, 5.41) is 2.95. The van der Waals surface area contributed by atoms with E-state index in [0.29, 0.717) is 12.2 Å². The molecule has 1 heterocycles. The summed E-state index contributed by atoms with van der Waals surface area (Å²) in [4.78, 5) is 12.7. The number of benzene rings is 2. The zero-order chi connectivity index (χ0) is 17.2. The van der Waals surface area contributed by atoms with Crippen LogP contribution in [0.3, 0.4) is 0 Å². The lowest BCUT2D eigenvalue weighted by Crippen LogP contribution is -2.21. The van der Waals surface area contributed by atoms with Gasteiger partial charge in [-0.25, -0.2) is 0 Å². The van der Waals surface area contributed by atoms with Crippen molar-refractivity contribution in [2.24, 2.45) is 0 Å². The number of nitrogens with one attached hydrogen (secondary N) is 1. The fraction of sp³-hybridized carbons (Fsp3) is 0.350. The second-order valence-corrected chi connectivity index (χ2v) is 7.04. The van der Waals surface area contributed by atoms with Gasteiger partial charge in [-0.3, -0.25) is 4.79 Å². The number of carbonyl (C=O) groups is 1. The molecule has 3 rings (SSSR count). The number of ether oxygens (including phenoxy) is 2. The maximum absolute atomic E-state index is 12.7. The summed E-state index contributed by atoms with van der Waals surface area (Å²) in [5.74, 6) is 0.662. The van der Waals surface area contributed by atoms with E-state index in [1.54, 1.807) is 0 Å². The Morgan fingerprint density at radius 3 is 2.54 bits per heavy atom. The fourth-order valence-electron chi connectivity index (χ4n) is 2.51. The molecule has 0 spiro atoms. The van der Waals surface area contributed by atoms with E-state index in [-0.39, 0.29) is 17.4 Å². The largest absolute Gasteiger partial charge is 0.491 e. The zero-order valence-electron chi connectivity index (χ0n) is 14.3. The number of para-hydroxylation sites is 1. The normalized spacial score (nSPS) is 16.5. The van der Waals surface area contributed by atoms with Crippen molar-refractivity contribution < 1.29 is 14.3 Å². The van der Waals surface area contributed by atoms with E-state index in [1.165, 1.54) is 0 Å². The molecule has 0 bridgehead atoms. The van der Waals surface area contributed by atoms with Crippen LogP contribution in [-0.2, 0) is 10.2 Å². The Kier molecular flexibility index (Phi) is 4.58. The van der Waals surface area contributed by atoms with Crippen LogP contribution in [0.15, 0.2) is 48.5 Å². The van der Waals surface area contributed by atoms with Crippen molar-refractivity contribution in [2.75, 3.05) is 18.5 Å². The van der Waals surface area contributed by atoms with Crippen LogP contribution in [0.2, 0.25) is 0 Å². The summed E-state index contributed by atoms with van der Waals surface area (Å²) in [6.07, 6.45) is 0.212. The van der Waals surface area contributed by atoms with Crippen LogP contribution in [-0.4, -0.2) is 25.2 Å². The van der Waals surface area contributed by atoms with E-state index < -0.39 is 0 Å². The Labute approximate surface area is 142 Å². The van der Waals surface area contributed by atoms with Gasteiger partial charge in [0.25, 0.3) is 5.91 Å². The van der Waals surface area contributed by atoms with Crippen LogP contribution in [0.1, 0.15) is 36.7 Å². The second-order valence-electron chi connectivity index (χ2n) is 7.04. The number of epoxide rings is 1. The van der Waals surface area contributed by atoms with Crippen LogP contribution in [0, 0.1) is 0 Å². The molecule has 1 unspecified atom stereocenters. The third kappa shape index (κ3) is 4.15. The Hall–Kier alpha value is -2.33. The van der Waals surface area contributed by atoms with Crippen LogP contribution in [0.4, 0.5) is 5.69 Å². The molecule has 2 aromatic rings. The molecular formula is C20H23NO3. The molecule has 2 aromatic carbocycles. The van der Waals surface area contributed by atoms with E-state index in [1.807, 2.05) is 48.5 Å². The van der Waals surface area contributed by atoms with Gasteiger partial charge in [-0.05, 0) is 41.3 Å². The summed E-state index contributed by atoms with van der Waals surface area (Å²) in [6, 6.07) is 15.1. The van der Waals surface area contributed by atoms with E-state index in [4.69, 9.17) is 9.47 Å². The van der Waals surface area contributed by atoms with Crippen molar-refractivity contribution >= 4 is 11.6 Å². The molecule has 1 atom stereocenters.